The number of hydrogen-bond acceptors (Lipinski definition) is 2. The Kier molecular flexibility index (Phi) is 5.66. The Hall–Kier alpha value is -0.510. The van der Waals surface area contributed by atoms with Gasteiger partial charge in [0.05, 0.1) is 0 Å². The van der Waals surface area contributed by atoms with Crippen LogP contribution in [0.2, 0.25) is 0 Å². The van der Waals surface area contributed by atoms with Crippen LogP contribution in [0.4, 0.5) is 4.39 Å². The fraction of sp³-hybridized carbons (Fsp3) is 0.826. The largest absolute Gasteiger partial charge is 0.299 e. The van der Waals surface area contributed by atoms with Crippen molar-refractivity contribution in [3.63, 3.8) is 0 Å². The first-order valence-electron chi connectivity index (χ1n) is 10.9. The Bertz CT molecular complexity index is 644. The minimum atomic E-state index is -0.898. The highest BCUT2D eigenvalue weighted by Crippen LogP contribution is 2.63. The van der Waals surface area contributed by atoms with E-state index in [0.29, 0.717) is 42.8 Å². The summed E-state index contributed by atoms with van der Waals surface area (Å²) >= 11 is 3.51. The summed E-state index contributed by atoms with van der Waals surface area (Å²) in [6.07, 6.45) is 9.95. The average Bonchev–Trinajstić information content (AvgIpc) is 2.92. The summed E-state index contributed by atoms with van der Waals surface area (Å²) in [6.45, 7) is 2.05. The second-order valence-electron chi connectivity index (χ2n) is 9.69. The normalized spacial score (nSPS) is 43.7. The van der Waals surface area contributed by atoms with E-state index in [4.69, 9.17) is 0 Å². The van der Waals surface area contributed by atoms with E-state index in [-0.39, 0.29) is 17.6 Å². The first-order chi connectivity index (χ1) is 13.0. The molecular formula is C23H32BrFO2. The van der Waals surface area contributed by atoms with Crippen LogP contribution in [-0.2, 0) is 9.59 Å². The number of Topliss-reactive ketones (excluding diaryl/α,β-unsaturated/α-hetero) is 1. The lowest BCUT2D eigenvalue weighted by Crippen LogP contribution is -2.54. The van der Waals surface area contributed by atoms with Crippen molar-refractivity contribution in [2.45, 2.75) is 77.3 Å². The third kappa shape index (κ3) is 3.38. The van der Waals surface area contributed by atoms with Crippen molar-refractivity contribution >= 4 is 27.5 Å². The molecule has 2 nitrogen and oxygen atoms in total. The molecule has 0 saturated heterocycles. The molecule has 3 fully saturated rings. The minimum absolute atomic E-state index is 0.0308. The zero-order valence-electron chi connectivity index (χ0n) is 16.4. The lowest BCUT2D eigenvalue weighted by Gasteiger charge is -2.56. The monoisotopic (exact) mass is 438 g/mol. The molecule has 0 aromatic rings. The number of unbranched alkanes of at least 4 members (excludes halogenated alkanes) is 2. The molecule has 4 heteroatoms. The van der Waals surface area contributed by atoms with Crippen LogP contribution in [-0.4, -0.2) is 23.1 Å². The van der Waals surface area contributed by atoms with Crippen molar-refractivity contribution in [2.24, 2.45) is 35.0 Å². The number of carbonyl (C=O) groups is 2. The first kappa shape index (κ1) is 19.8. The van der Waals surface area contributed by atoms with Crippen LogP contribution in [0.3, 0.4) is 0 Å². The van der Waals surface area contributed by atoms with Gasteiger partial charge in [-0.25, -0.2) is 4.39 Å². The second kappa shape index (κ2) is 7.72. The third-order valence-electron chi connectivity index (χ3n) is 8.32. The number of halogens is 2. The van der Waals surface area contributed by atoms with Gasteiger partial charge in [-0.3, -0.25) is 9.59 Å². The van der Waals surface area contributed by atoms with E-state index in [2.05, 4.69) is 15.9 Å². The maximum atomic E-state index is 15.6. The fourth-order valence-electron chi connectivity index (χ4n) is 7.12. The molecule has 0 amide bonds. The molecule has 3 saturated carbocycles. The Morgan fingerprint density at radius 3 is 2.74 bits per heavy atom. The highest BCUT2D eigenvalue weighted by atomic mass is 79.9. The maximum Gasteiger partial charge on any atom is 0.155 e. The summed E-state index contributed by atoms with van der Waals surface area (Å²) in [5, 5.41) is 1.03. The molecule has 0 N–H and O–H groups in total. The summed E-state index contributed by atoms with van der Waals surface area (Å²) in [7, 11) is 0. The molecule has 27 heavy (non-hydrogen) atoms. The van der Waals surface area contributed by atoms with E-state index >= 15 is 4.39 Å². The molecule has 0 aliphatic heterocycles. The number of rotatable bonds is 5. The summed E-state index contributed by atoms with van der Waals surface area (Å²) in [5.74, 6) is 1.90. The van der Waals surface area contributed by atoms with Gasteiger partial charge >= 0.3 is 0 Å². The lowest BCUT2D eigenvalue weighted by atomic mass is 9.48. The maximum absolute atomic E-state index is 15.6. The Morgan fingerprint density at radius 2 is 1.96 bits per heavy atom. The van der Waals surface area contributed by atoms with Gasteiger partial charge in [0.25, 0.3) is 0 Å². The van der Waals surface area contributed by atoms with Crippen molar-refractivity contribution < 1.29 is 14.0 Å². The van der Waals surface area contributed by atoms with Gasteiger partial charge in [-0.1, -0.05) is 41.3 Å². The summed E-state index contributed by atoms with van der Waals surface area (Å²) < 4.78 is 15.6. The molecule has 4 aliphatic carbocycles. The SMILES string of the molecule is C[C@]12CC(F)[C@H]3[C@@H](C(CCCCCBr)CC4=CC(=O)CC[C@@H]43)[C@@H]1CCC2=O. The molecule has 0 spiro atoms. The van der Waals surface area contributed by atoms with Crippen LogP contribution in [0.25, 0.3) is 0 Å². The molecule has 0 radical (unpaired) electrons. The van der Waals surface area contributed by atoms with Crippen molar-refractivity contribution in [1.29, 1.82) is 0 Å². The number of allylic oxidation sites excluding steroid dienone is 1. The predicted molar refractivity (Wildman–Crippen MR) is 109 cm³/mol. The zero-order chi connectivity index (χ0) is 19.2. The van der Waals surface area contributed by atoms with E-state index in [9.17, 15) is 9.59 Å². The van der Waals surface area contributed by atoms with E-state index in [1.807, 2.05) is 13.0 Å². The van der Waals surface area contributed by atoms with Crippen molar-refractivity contribution in [2.75, 3.05) is 5.33 Å². The van der Waals surface area contributed by atoms with Gasteiger partial charge in [-0.15, -0.1) is 0 Å². The number of ketones is 2. The molecule has 0 aromatic carbocycles. The van der Waals surface area contributed by atoms with Crippen LogP contribution in [0, 0.1) is 35.0 Å². The standard InChI is InChI=1S/C23H32BrFO2/c1-23-13-19(25)22-17-7-6-16(26)12-15(17)11-14(5-3-2-4-10-24)21(22)18(23)8-9-20(23)27/h12,14,17-19,21-22H,2-11,13H2,1H3/t14?,17-,18-,19?,21-,22-,23-/m0/s1. The van der Waals surface area contributed by atoms with Gasteiger partial charge in [-0.2, -0.15) is 0 Å². The molecule has 4 rings (SSSR count). The molecule has 4 aliphatic rings. The zero-order valence-corrected chi connectivity index (χ0v) is 18.0. The Labute approximate surface area is 170 Å². The Morgan fingerprint density at radius 1 is 1.15 bits per heavy atom. The van der Waals surface area contributed by atoms with Crippen molar-refractivity contribution in [3.8, 4) is 0 Å². The van der Waals surface area contributed by atoms with E-state index in [1.54, 1.807) is 0 Å². The van der Waals surface area contributed by atoms with E-state index < -0.39 is 11.6 Å². The second-order valence-corrected chi connectivity index (χ2v) is 10.5. The van der Waals surface area contributed by atoms with Crippen molar-refractivity contribution in [1.82, 2.24) is 0 Å². The summed E-state index contributed by atoms with van der Waals surface area (Å²) in [5.41, 5.74) is 0.786. The summed E-state index contributed by atoms with van der Waals surface area (Å²) in [4.78, 5) is 24.7. The molecule has 150 valence electrons. The number of alkyl halides is 2. The molecule has 0 bridgehead atoms. The van der Waals surface area contributed by atoms with Gasteiger partial charge in [0.15, 0.2) is 5.78 Å². The minimum Gasteiger partial charge on any atom is -0.299 e. The fourth-order valence-corrected chi connectivity index (χ4v) is 7.52. The van der Waals surface area contributed by atoms with Crippen LogP contribution in [0.1, 0.15) is 71.1 Å². The van der Waals surface area contributed by atoms with Crippen LogP contribution >= 0.6 is 15.9 Å². The Balaban J connectivity index is 1.65. The van der Waals surface area contributed by atoms with E-state index in [0.717, 1.165) is 31.0 Å². The molecule has 0 aromatic heterocycles. The highest BCUT2D eigenvalue weighted by Gasteiger charge is 2.61. The first-order valence-corrected chi connectivity index (χ1v) is 12.0. The quantitative estimate of drug-likeness (QED) is 0.399. The molecule has 2 unspecified atom stereocenters. The van der Waals surface area contributed by atoms with Gasteiger partial charge < -0.3 is 0 Å². The number of fused-ring (bicyclic) bond motifs is 5. The van der Waals surface area contributed by atoms with Crippen LogP contribution < -0.4 is 0 Å². The van der Waals surface area contributed by atoms with Crippen LogP contribution in [0.15, 0.2) is 11.6 Å². The van der Waals surface area contributed by atoms with Gasteiger partial charge in [0.2, 0.25) is 0 Å². The lowest BCUT2D eigenvalue weighted by molar-refractivity contribution is -0.138. The highest BCUT2D eigenvalue weighted by molar-refractivity contribution is 9.09. The number of hydrogen-bond donors (Lipinski definition) is 0. The third-order valence-corrected chi connectivity index (χ3v) is 8.88. The molecule has 0 heterocycles. The van der Waals surface area contributed by atoms with Gasteiger partial charge in [0, 0.05) is 29.5 Å². The molecular weight excluding hydrogens is 407 g/mol. The van der Waals surface area contributed by atoms with Crippen LogP contribution in [0.5, 0.6) is 0 Å². The van der Waals surface area contributed by atoms with Crippen molar-refractivity contribution in [3.05, 3.63) is 11.6 Å². The smallest absolute Gasteiger partial charge is 0.155 e. The predicted octanol–water partition coefficient (Wildman–Crippen LogP) is 5.83. The molecule has 7 atom stereocenters. The average molecular weight is 439 g/mol. The topological polar surface area (TPSA) is 34.1 Å². The van der Waals surface area contributed by atoms with E-state index in [1.165, 1.54) is 24.8 Å². The van der Waals surface area contributed by atoms with Gasteiger partial charge in [0.1, 0.15) is 12.0 Å². The van der Waals surface area contributed by atoms with Gasteiger partial charge in [-0.05, 0) is 68.3 Å². The number of carbonyl (C=O) groups excluding carboxylic acids is 2. The summed E-state index contributed by atoms with van der Waals surface area (Å²) in [6, 6.07) is 0.